The van der Waals surface area contributed by atoms with Crippen LogP contribution < -0.4 is 27.4 Å². The molecule has 0 heterocycles. The van der Waals surface area contributed by atoms with Crippen LogP contribution in [0.4, 0.5) is 4.79 Å². The minimum atomic E-state index is -1.41. The molecule has 5 atom stereocenters. The Bertz CT molecular complexity index is 1100. The van der Waals surface area contributed by atoms with Crippen molar-refractivity contribution in [3.8, 4) is 0 Å². The van der Waals surface area contributed by atoms with E-state index in [1.807, 2.05) is 27.7 Å². The molecule has 1 fully saturated rings. The topological polar surface area (TPSA) is 269 Å². The van der Waals surface area contributed by atoms with Crippen molar-refractivity contribution < 1.29 is 62.6 Å². The Morgan fingerprint density at radius 2 is 1.64 bits per heavy atom. The molecule has 18 nitrogen and oxygen atoms in total. The normalized spacial score (nSPS) is 19.1. The van der Waals surface area contributed by atoms with Crippen LogP contribution in [0.5, 0.6) is 0 Å². The summed E-state index contributed by atoms with van der Waals surface area (Å²) in [6.45, 7) is 5.89. The van der Waals surface area contributed by atoms with E-state index in [0.717, 1.165) is 0 Å². The average molecular weight is 740 g/mol. The summed E-state index contributed by atoms with van der Waals surface area (Å²) in [4.78, 5) is 59.3. The largest absolute Gasteiger partial charge is 0.507 e. The molecule has 290 valence electrons. The SMILES string of the molecule is COC(=O)OCCC1(CSC[C@H](N)C(=O)N[C@@H](CO)C(=O)NCCOC(C)(C)CCOC(C)(C)CCC(=O)NCC(N)=O)CC1OC(O)OC. The first-order chi connectivity index (χ1) is 23.4. The smallest absolute Gasteiger partial charge is 0.438 e. The van der Waals surface area contributed by atoms with Crippen LogP contribution in [0.15, 0.2) is 0 Å². The highest BCUT2D eigenvalue weighted by Crippen LogP contribution is 2.53. The van der Waals surface area contributed by atoms with Gasteiger partial charge in [-0.25, -0.2) is 4.79 Å². The van der Waals surface area contributed by atoms with Gasteiger partial charge in [-0.2, -0.15) is 11.8 Å². The maximum atomic E-state index is 12.7. The fraction of sp³-hybridized carbons (Fsp3) is 0.839. The molecule has 1 rings (SSSR count). The lowest BCUT2D eigenvalue weighted by molar-refractivity contribution is -0.259. The van der Waals surface area contributed by atoms with E-state index in [1.54, 1.807) is 0 Å². The number of ether oxygens (including phenoxy) is 6. The van der Waals surface area contributed by atoms with Crippen molar-refractivity contribution in [3.05, 3.63) is 0 Å². The Morgan fingerprint density at radius 1 is 0.980 bits per heavy atom. The van der Waals surface area contributed by atoms with E-state index < -0.39 is 65.7 Å². The summed E-state index contributed by atoms with van der Waals surface area (Å²) in [5, 5.41) is 27.0. The first-order valence-electron chi connectivity index (χ1n) is 16.3. The van der Waals surface area contributed by atoms with E-state index in [2.05, 4.69) is 20.7 Å². The van der Waals surface area contributed by atoms with Gasteiger partial charge < -0.3 is 66.1 Å². The number of carbonyl (C=O) groups is 5. The summed E-state index contributed by atoms with van der Waals surface area (Å²) in [6, 6.07) is -2.22. The third kappa shape index (κ3) is 18.5. The Morgan fingerprint density at radius 3 is 2.26 bits per heavy atom. The highest BCUT2D eigenvalue weighted by Gasteiger charge is 2.55. The lowest BCUT2D eigenvalue weighted by Crippen LogP contribution is -2.54. The van der Waals surface area contributed by atoms with Gasteiger partial charge in [-0.1, -0.05) is 0 Å². The molecule has 9 N–H and O–H groups in total. The van der Waals surface area contributed by atoms with Crippen molar-refractivity contribution in [3.63, 3.8) is 0 Å². The van der Waals surface area contributed by atoms with Gasteiger partial charge in [0.15, 0.2) is 0 Å². The summed E-state index contributed by atoms with van der Waals surface area (Å²) >= 11 is 1.36. The van der Waals surface area contributed by atoms with Crippen molar-refractivity contribution >= 4 is 41.5 Å². The number of thioether (sulfide) groups is 1. The fourth-order valence-corrected chi connectivity index (χ4v) is 5.93. The van der Waals surface area contributed by atoms with Crippen molar-refractivity contribution in [2.75, 3.05) is 65.2 Å². The van der Waals surface area contributed by atoms with Gasteiger partial charge in [0.1, 0.15) is 6.04 Å². The molecule has 3 unspecified atom stereocenters. The van der Waals surface area contributed by atoms with Gasteiger partial charge in [0.2, 0.25) is 23.6 Å². The van der Waals surface area contributed by atoms with Crippen LogP contribution in [-0.4, -0.2) is 141 Å². The molecular formula is C31H57N5O13S. The fourth-order valence-electron chi connectivity index (χ4n) is 4.55. The van der Waals surface area contributed by atoms with Crippen LogP contribution in [0, 0.1) is 5.41 Å². The third-order valence-electron chi connectivity index (χ3n) is 7.93. The first-order valence-corrected chi connectivity index (χ1v) is 17.5. The summed E-state index contributed by atoms with van der Waals surface area (Å²) in [7, 11) is 2.50. The van der Waals surface area contributed by atoms with Gasteiger partial charge in [-0.3, -0.25) is 19.2 Å². The molecule has 50 heavy (non-hydrogen) atoms. The molecule has 1 saturated carbocycles. The zero-order valence-corrected chi connectivity index (χ0v) is 30.8. The van der Waals surface area contributed by atoms with E-state index in [4.69, 9.17) is 35.2 Å². The predicted octanol–water partition coefficient (Wildman–Crippen LogP) is -1.13. The van der Waals surface area contributed by atoms with Crippen LogP contribution in [0.1, 0.15) is 59.8 Å². The van der Waals surface area contributed by atoms with Crippen LogP contribution >= 0.6 is 11.8 Å². The number of nitrogens with one attached hydrogen (secondary N) is 3. The second-order valence-electron chi connectivity index (χ2n) is 13.2. The number of nitrogens with two attached hydrogens (primary N) is 2. The number of primary amides is 1. The van der Waals surface area contributed by atoms with Crippen LogP contribution in [0.2, 0.25) is 0 Å². The lowest BCUT2D eigenvalue weighted by Gasteiger charge is -2.30. The van der Waals surface area contributed by atoms with E-state index in [1.165, 1.54) is 26.0 Å². The zero-order valence-electron chi connectivity index (χ0n) is 29.9. The van der Waals surface area contributed by atoms with Gasteiger partial charge in [-0.05, 0) is 53.4 Å². The summed E-state index contributed by atoms with van der Waals surface area (Å²) in [6.07, 6.45) is 0.941. The van der Waals surface area contributed by atoms with Crippen molar-refractivity contribution in [1.29, 1.82) is 0 Å². The monoisotopic (exact) mass is 739 g/mol. The summed E-state index contributed by atoms with van der Waals surface area (Å²) in [5.74, 6) is -1.48. The number of aliphatic hydroxyl groups is 2. The Hall–Kier alpha value is -2.78. The van der Waals surface area contributed by atoms with Crippen LogP contribution in [0.25, 0.3) is 0 Å². The number of methoxy groups -OCH3 is 2. The highest BCUT2D eigenvalue weighted by molar-refractivity contribution is 7.99. The van der Waals surface area contributed by atoms with Crippen molar-refractivity contribution in [1.82, 2.24) is 16.0 Å². The molecular weight excluding hydrogens is 682 g/mol. The zero-order chi connectivity index (χ0) is 38.0. The number of carbonyl (C=O) groups excluding carboxylic acids is 5. The summed E-state index contributed by atoms with van der Waals surface area (Å²) < 4.78 is 31.5. The molecule has 0 radical (unpaired) electrons. The molecule has 0 spiro atoms. The number of rotatable bonds is 27. The quantitative estimate of drug-likeness (QED) is 0.0299. The molecule has 0 aromatic heterocycles. The minimum Gasteiger partial charge on any atom is -0.438 e. The molecule has 0 aromatic rings. The van der Waals surface area contributed by atoms with Crippen LogP contribution in [-0.2, 0) is 47.6 Å². The van der Waals surface area contributed by atoms with Gasteiger partial charge >= 0.3 is 6.16 Å². The Kier molecular flexibility index (Phi) is 20.1. The third-order valence-corrected chi connectivity index (χ3v) is 9.30. The van der Waals surface area contributed by atoms with Gasteiger partial charge in [-0.15, -0.1) is 0 Å². The molecule has 0 aromatic carbocycles. The second-order valence-corrected chi connectivity index (χ2v) is 14.2. The van der Waals surface area contributed by atoms with Gasteiger partial charge in [0, 0.05) is 37.0 Å². The summed E-state index contributed by atoms with van der Waals surface area (Å²) in [5.41, 5.74) is 9.46. The molecule has 0 aliphatic heterocycles. The first kappa shape index (κ1) is 45.2. The van der Waals surface area contributed by atoms with E-state index >= 15 is 0 Å². The van der Waals surface area contributed by atoms with Gasteiger partial charge in [0.05, 0.1) is 63.4 Å². The second kappa shape index (κ2) is 22.2. The number of aliphatic hydroxyl groups excluding tert-OH is 2. The predicted molar refractivity (Wildman–Crippen MR) is 181 cm³/mol. The van der Waals surface area contributed by atoms with E-state index in [-0.39, 0.29) is 50.5 Å². The Labute approximate surface area is 297 Å². The lowest BCUT2D eigenvalue weighted by atomic mass is 10.0. The average Bonchev–Trinajstić information content (AvgIpc) is 3.73. The maximum absolute atomic E-state index is 12.7. The van der Waals surface area contributed by atoms with E-state index in [9.17, 15) is 34.2 Å². The van der Waals surface area contributed by atoms with Gasteiger partial charge in [0.25, 0.3) is 6.48 Å². The number of amides is 4. The number of hydrogen-bond acceptors (Lipinski definition) is 15. The molecule has 1 aliphatic carbocycles. The van der Waals surface area contributed by atoms with Crippen molar-refractivity contribution in [2.45, 2.75) is 95.7 Å². The standard InChI is InChI=1S/C31H57N5O13S/c1-29(2,8-7-24(39)35-16-23(33)38)47-13-9-30(3,4)48-14-11-34-26(41)21(17-37)36-25(40)20(32)18-50-19-31(10-12-46-27(42)44-5)15-22(31)49-28(43)45-6/h20-22,28,37,43H,7-19,32H2,1-6H3,(H2,33,38)(H,34,41)(H,35,39)(H,36,40)/t20-,21-,22?,28?,31?/m0/s1. The molecule has 1 aliphatic rings. The van der Waals surface area contributed by atoms with E-state index in [0.29, 0.717) is 38.0 Å². The Balaban J connectivity index is 2.42. The maximum Gasteiger partial charge on any atom is 0.507 e. The molecule has 0 bridgehead atoms. The van der Waals surface area contributed by atoms with Crippen molar-refractivity contribution in [2.24, 2.45) is 16.9 Å². The minimum absolute atomic E-state index is 0.0658. The van der Waals surface area contributed by atoms with Crippen LogP contribution in [0.3, 0.4) is 0 Å². The molecule has 0 saturated heterocycles. The number of hydrogen-bond donors (Lipinski definition) is 7. The highest BCUT2D eigenvalue weighted by atomic mass is 32.2. The molecule has 4 amide bonds. The molecule has 19 heteroatoms.